The standard InChI is InChI=1S/C27H37NO7/c1-6-33-23-15-19(16-24(34-7-2)25(23)35-8-3)26(30)28-13-11-27(18-28,12-14-29)20-9-10-21(31-4)22(17-20)32-5/h9-10,15-17,29H,6-8,11-14,18H2,1-5H3. The molecule has 2 aromatic carbocycles. The van der Waals surface area contributed by atoms with Crippen LogP contribution < -0.4 is 23.7 Å². The zero-order chi connectivity index (χ0) is 25.4. The number of amides is 1. The fraction of sp³-hybridized carbons (Fsp3) is 0.519. The highest BCUT2D eigenvalue weighted by molar-refractivity contribution is 5.96. The van der Waals surface area contributed by atoms with Crippen molar-refractivity contribution in [3.63, 3.8) is 0 Å². The first-order chi connectivity index (χ1) is 17.0. The Hall–Kier alpha value is -3.13. The Morgan fingerprint density at radius 3 is 2.09 bits per heavy atom. The van der Waals surface area contributed by atoms with Crippen molar-refractivity contribution in [2.75, 3.05) is 53.7 Å². The molecular formula is C27H37NO7. The van der Waals surface area contributed by atoms with Crippen molar-refractivity contribution in [1.82, 2.24) is 4.90 Å². The summed E-state index contributed by atoms with van der Waals surface area (Å²) in [7, 11) is 3.20. The summed E-state index contributed by atoms with van der Waals surface area (Å²) in [4.78, 5) is 15.5. The van der Waals surface area contributed by atoms with E-state index in [1.165, 1.54) is 0 Å². The van der Waals surface area contributed by atoms with Crippen molar-refractivity contribution in [1.29, 1.82) is 0 Å². The van der Waals surface area contributed by atoms with Gasteiger partial charge in [0.05, 0.1) is 34.0 Å². The van der Waals surface area contributed by atoms with Gasteiger partial charge in [-0.3, -0.25) is 4.79 Å². The smallest absolute Gasteiger partial charge is 0.254 e. The Balaban J connectivity index is 1.94. The molecule has 0 aliphatic carbocycles. The molecule has 1 aliphatic heterocycles. The van der Waals surface area contributed by atoms with Crippen LogP contribution in [0, 0.1) is 0 Å². The Labute approximate surface area is 207 Å². The summed E-state index contributed by atoms with van der Waals surface area (Å²) in [5, 5.41) is 9.89. The minimum Gasteiger partial charge on any atom is -0.493 e. The highest BCUT2D eigenvalue weighted by atomic mass is 16.5. The van der Waals surface area contributed by atoms with Crippen LogP contribution in [0.5, 0.6) is 28.7 Å². The second kappa shape index (κ2) is 12.0. The Morgan fingerprint density at radius 2 is 1.54 bits per heavy atom. The van der Waals surface area contributed by atoms with Gasteiger partial charge in [0.25, 0.3) is 5.91 Å². The second-order valence-electron chi connectivity index (χ2n) is 8.40. The van der Waals surface area contributed by atoms with Gasteiger partial charge in [0.15, 0.2) is 23.0 Å². The predicted molar refractivity (Wildman–Crippen MR) is 133 cm³/mol. The van der Waals surface area contributed by atoms with Gasteiger partial charge in [-0.2, -0.15) is 0 Å². The number of aliphatic hydroxyl groups excluding tert-OH is 1. The number of likely N-dealkylation sites (tertiary alicyclic amines) is 1. The minimum atomic E-state index is -0.388. The molecule has 2 aromatic rings. The Morgan fingerprint density at radius 1 is 0.914 bits per heavy atom. The van der Waals surface area contributed by atoms with Crippen molar-refractivity contribution < 1.29 is 33.6 Å². The number of carbonyl (C=O) groups excluding carboxylic acids is 1. The van der Waals surface area contributed by atoms with Crippen LogP contribution in [0.4, 0.5) is 0 Å². The highest BCUT2D eigenvalue weighted by Gasteiger charge is 2.42. The van der Waals surface area contributed by atoms with Crippen LogP contribution in [0.1, 0.15) is 49.5 Å². The van der Waals surface area contributed by atoms with E-state index >= 15 is 0 Å². The van der Waals surface area contributed by atoms with Gasteiger partial charge in [0, 0.05) is 30.7 Å². The monoisotopic (exact) mass is 487 g/mol. The molecule has 1 unspecified atom stereocenters. The first-order valence-corrected chi connectivity index (χ1v) is 12.2. The van der Waals surface area contributed by atoms with Crippen LogP contribution in [-0.2, 0) is 5.41 Å². The first-order valence-electron chi connectivity index (χ1n) is 12.2. The van der Waals surface area contributed by atoms with Gasteiger partial charge in [-0.25, -0.2) is 0 Å². The molecule has 1 saturated heterocycles. The summed E-state index contributed by atoms with van der Waals surface area (Å²) in [5.74, 6) is 2.64. The summed E-state index contributed by atoms with van der Waals surface area (Å²) in [6.07, 6.45) is 1.26. The van der Waals surface area contributed by atoms with E-state index in [-0.39, 0.29) is 17.9 Å². The molecule has 1 fully saturated rings. The maximum Gasteiger partial charge on any atom is 0.254 e. The zero-order valence-corrected chi connectivity index (χ0v) is 21.4. The number of ether oxygens (including phenoxy) is 5. The van der Waals surface area contributed by atoms with Crippen molar-refractivity contribution in [2.24, 2.45) is 0 Å². The molecule has 1 heterocycles. The third kappa shape index (κ3) is 5.59. The molecule has 3 rings (SSSR count). The maximum atomic E-state index is 13.6. The fourth-order valence-electron chi connectivity index (χ4n) is 4.70. The minimum absolute atomic E-state index is 0.0163. The molecule has 1 N–H and O–H groups in total. The van der Waals surface area contributed by atoms with E-state index in [1.54, 1.807) is 26.4 Å². The summed E-state index contributed by atoms with van der Waals surface area (Å²) in [6, 6.07) is 9.25. The molecule has 0 spiro atoms. The van der Waals surface area contributed by atoms with Crippen molar-refractivity contribution >= 4 is 5.91 Å². The molecule has 0 bridgehead atoms. The molecule has 35 heavy (non-hydrogen) atoms. The van der Waals surface area contributed by atoms with E-state index in [4.69, 9.17) is 23.7 Å². The number of nitrogens with zero attached hydrogens (tertiary/aromatic N) is 1. The van der Waals surface area contributed by atoms with Crippen LogP contribution in [0.15, 0.2) is 30.3 Å². The van der Waals surface area contributed by atoms with Crippen molar-refractivity contribution in [3.05, 3.63) is 41.5 Å². The Kier molecular flexibility index (Phi) is 9.09. The summed E-state index contributed by atoms with van der Waals surface area (Å²) in [5.41, 5.74) is 1.10. The zero-order valence-electron chi connectivity index (χ0n) is 21.4. The van der Waals surface area contributed by atoms with Gasteiger partial charge < -0.3 is 33.7 Å². The average molecular weight is 488 g/mol. The molecule has 0 saturated carbocycles. The quantitative estimate of drug-likeness (QED) is 0.483. The second-order valence-corrected chi connectivity index (χ2v) is 8.40. The topological polar surface area (TPSA) is 86.7 Å². The fourth-order valence-corrected chi connectivity index (χ4v) is 4.70. The third-order valence-corrected chi connectivity index (χ3v) is 6.38. The number of carbonyl (C=O) groups is 1. The summed E-state index contributed by atoms with van der Waals surface area (Å²) in [6.45, 7) is 8.05. The molecule has 1 aliphatic rings. The van der Waals surface area contributed by atoms with Gasteiger partial charge in [0.2, 0.25) is 5.75 Å². The normalized spacial score (nSPS) is 17.3. The SMILES string of the molecule is CCOc1cc(C(=O)N2CCC(CCO)(c3ccc(OC)c(OC)c3)C2)cc(OCC)c1OCC. The third-order valence-electron chi connectivity index (χ3n) is 6.38. The van der Waals surface area contributed by atoms with E-state index in [1.807, 2.05) is 43.9 Å². The molecule has 1 amide bonds. The summed E-state index contributed by atoms with van der Waals surface area (Å²) >= 11 is 0. The van der Waals surface area contributed by atoms with Gasteiger partial charge in [-0.05, 0) is 63.4 Å². The highest BCUT2D eigenvalue weighted by Crippen LogP contribution is 2.43. The number of hydrogen-bond donors (Lipinski definition) is 1. The van der Waals surface area contributed by atoms with Crippen LogP contribution in [0.3, 0.4) is 0 Å². The lowest BCUT2D eigenvalue weighted by Gasteiger charge is -2.30. The largest absolute Gasteiger partial charge is 0.493 e. The number of benzene rings is 2. The van der Waals surface area contributed by atoms with E-state index in [0.29, 0.717) is 73.6 Å². The maximum absolute atomic E-state index is 13.6. The van der Waals surface area contributed by atoms with Crippen LogP contribution in [0.25, 0.3) is 0 Å². The van der Waals surface area contributed by atoms with Crippen LogP contribution in [-0.4, -0.2) is 69.7 Å². The number of hydrogen-bond acceptors (Lipinski definition) is 7. The molecule has 0 radical (unpaired) electrons. The number of methoxy groups -OCH3 is 2. The van der Waals surface area contributed by atoms with E-state index < -0.39 is 0 Å². The average Bonchev–Trinajstić information content (AvgIpc) is 3.30. The van der Waals surface area contributed by atoms with E-state index in [2.05, 4.69) is 0 Å². The van der Waals surface area contributed by atoms with Gasteiger partial charge in [0.1, 0.15) is 0 Å². The Bertz CT molecular complexity index is 982. The molecule has 8 heteroatoms. The predicted octanol–water partition coefficient (Wildman–Crippen LogP) is 4.07. The lowest BCUT2D eigenvalue weighted by atomic mass is 9.77. The molecule has 8 nitrogen and oxygen atoms in total. The van der Waals surface area contributed by atoms with Crippen LogP contribution in [0.2, 0.25) is 0 Å². The van der Waals surface area contributed by atoms with Crippen LogP contribution >= 0.6 is 0 Å². The van der Waals surface area contributed by atoms with Gasteiger partial charge in [-0.1, -0.05) is 6.07 Å². The number of rotatable bonds is 12. The van der Waals surface area contributed by atoms with E-state index in [9.17, 15) is 9.90 Å². The molecular weight excluding hydrogens is 450 g/mol. The first kappa shape index (κ1) is 26.5. The van der Waals surface area contributed by atoms with E-state index in [0.717, 1.165) is 12.0 Å². The number of aliphatic hydroxyl groups is 1. The van der Waals surface area contributed by atoms with Gasteiger partial charge >= 0.3 is 0 Å². The lowest BCUT2D eigenvalue weighted by molar-refractivity contribution is 0.0778. The summed E-state index contributed by atoms with van der Waals surface area (Å²) < 4.78 is 28.2. The molecule has 192 valence electrons. The lowest BCUT2D eigenvalue weighted by Crippen LogP contribution is -2.35. The molecule has 0 aromatic heterocycles. The molecule has 1 atom stereocenters. The van der Waals surface area contributed by atoms with Crippen molar-refractivity contribution in [2.45, 2.75) is 39.0 Å². The van der Waals surface area contributed by atoms with Gasteiger partial charge in [-0.15, -0.1) is 0 Å². The van der Waals surface area contributed by atoms with Crippen molar-refractivity contribution in [3.8, 4) is 28.7 Å².